The zero-order valence-corrected chi connectivity index (χ0v) is 19.2. The van der Waals surface area contributed by atoms with E-state index in [9.17, 15) is 14.0 Å². The smallest absolute Gasteiger partial charge is 0.410 e. The van der Waals surface area contributed by atoms with Crippen molar-refractivity contribution in [1.82, 2.24) is 9.80 Å². The molecule has 0 unspecified atom stereocenters. The minimum Gasteiger partial charge on any atom is -0.444 e. The maximum Gasteiger partial charge on any atom is 0.410 e. The molecule has 0 aromatic heterocycles. The van der Waals surface area contributed by atoms with Gasteiger partial charge in [-0.3, -0.25) is 0 Å². The summed E-state index contributed by atoms with van der Waals surface area (Å²) in [7, 11) is 0. The molecule has 2 aromatic carbocycles. The summed E-state index contributed by atoms with van der Waals surface area (Å²) in [6, 6.07) is 15.8. The van der Waals surface area contributed by atoms with Crippen molar-refractivity contribution >= 4 is 12.1 Å². The lowest BCUT2D eigenvalue weighted by Crippen LogP contribution is -2.39. The van der Waals surface area contributed by atoms with Crippen molar-refractivity contribution in [3.05, 3.63) is 71.5 Å². The number of hydrogen-bond acceptors (Lipinski definition) is 3. The minimum absolute atomic E-state index is 0.167. The van der Waals surface area contributed by atoms with Gasteiger partial charge in [0.1, 0.15) is 11.4 Å². The van der Waals surface area contributed by atoms with Crippen LogP contribution >= 0.6 is 0 Å². The average Bonchev–Trinajstić information content (AvgIpc) is 3.29. The van der Waals surface area contributed by atoms with Gasteiger partial charge in [-0.15, -0.1) is 0 Å². The molecule has 7 heteroatoms. The third-order valence-corrected chi connectivity index (χ3v) is 4.93. The van der Waals surface area contributed by atoms with Gasteiger partial charge in [0.15, 0.2) is 0 Å². The van der Waals surface area contributed by atoms with Crippen LogP contribution in [0.4, 0.5) is 14.0 Å². The van der Waals surface area contributed by atoms with E-state index in [4.69, 9.17) is 10.5 Å². The number of hydrogen-bond donors (Lipinski definition) is 1. The monoisotopic (exact) mass is 443 g/mol. The third kappa shape index (κ3) is 8.96. The molecule has 32 heavy (non-hydrogen) atoms. The van der Waals surface area contributed by atoms with E-state index in [-0.39, 0.29) is 23.5 Å². The fourth-order valence-electron chi connectivity index (χ4n) is 3.32. The Morgan fingerprint density at radius 2 is 1.44 bits per heavy atom. The third-order valence-electron chi connectivity index (χ3n) is 4.93. The largest absolute Gasteiger partial charge is 0.444 e. The van der Waals surface area contributed by atoms with Gasteiger partial charge in [0.05, 0.1) is 0 Å². The van der Waals surface area contributed by atoms with Crippen LogP contribution in [0.3, 0.4) is 0 Å². The molecule has 0 spiro atoms. The van der Waals surface area contributed by atoms with Crippen LogP contribution in [0.2, 0.25) is 0 Å². The second-order valence-corrected chi connectivity index (χ2v) is 8.75. The molecular weight excluding hydrogens is 409 g/mol. The summed E-state index contributed by atoms with van der Waals surface area (Å²) in [6.07, 6.45) is 2.97. The Morgan fingerprint density at radius 3 is 1.94 bits per heavy atom. The zero-order chi connectivity index (χ0) is 23.6. The Hall–Kier alpha value is -3.09. The van der Waals surface area contributed by atoms with Crippen LogP contribution in [0.5, 0.6) is 0 Å². The first-order chi connectivity index (χ1) is 15.2. The number of halogens is 1. The molecular formula is C25H34FN3O3. The molecule has 0 aliphatic carbocycles. The topological polar surface area (TPSA) is 75.9 Å². The molecule has 0 bridgehead atoms. The van der Waals surface area contributed by atoms with Crippen LogP contribution in [0.1, 0.15) is 44.7 Å². The summed E-state index contributed by atoms with van der Waals surface area (Å²) in [5, 5.41) is 0. The summed E-state index contributed by atoms with van der Waals surface area (Å²) in [6.45, 7) is 8.78. The van der Waals surface area contributed by atoms with Gasteiger partial charge >= 0.3 is 12.1 Å². The number of benzene rings is 2. The minimum atomic E-state index is -0.361. The molecule has 0 atom stereocenters. The zero-order valence-electron chi connectivity index (χ0n) is 19.2. The van der Waals surface area contributed by atoms with Crippen molar-refractivity contribution in [2.75, 3.05) is 19.6 Å². The summed E-state index contributed by atoms with van der Waals surface area (Å²) in [5.74, 6) is -0.178. The highest BCUT2D eigenvalue weighted by atomic mass is 19.1. The van der Waals surface area contributed by atoms with E-state index in [1.165, 1.54) is 23.3 Å². The Labute approximate surface area is 190 Å². The number of carbonyl (C=O) groups excluding carboxylic acids is 2. The van der Waals surface area contributed by atoms with Gasteiger partial charge in [-0.1, -0.05) is 42.5 Å². The lowest BCUT2D eigenvalue weighted by atomic mass is 10.0. The number of rotatable bonds is 0. The quantitative estimate of drug-likeness (QED) is 0.625. The number of fused-ring (bicyclic) bond motifs is 1. The van der Waals surface area contributed by atoms with Crippen LogP contribution in [0.15, 0.2) is 54.6 Å². The van der Waals surface area contributed by atoms with Gasteiger partial charge in [0.25, 0.3) is 0 Å². The fraction of sp³-hybridized carbons (Fsp3) is 0.440. The van der Waals surface area contributed by atoms with Crippen LogP contribution in [0.25, 0.3) is 0 Å². The second kappa shape index (κ2) is 12.1. The van der Waals surface area contributed by atoms with E-state index in [0.717, 1.165) is 38.9 Å². The number of amides is 3. The van der Waals surface area contributed by atoms with Crippen molar-refractivity contribution in [3.8, 4) is 0 Å². The first-order valence-electron chi connectivity index (χ1n) is 11.0. The van der Waals surface area contributed by atoms with Crippen molar-refractivity contribution < 1.29 is 18.7 Å². The van der Waals surface area contributed by atoms with Crippen LogP contribution in [-0.2, 0) is 17.7 Å². The fourth-order valence-corrected chi connectivity index (χ4v) is 3.32. The number of nitrogens with two attached hydrogens (primary N) is 1. The van der Waals surface area contributed by atoms with Crippen LogP contribution in [0, 0.1) is 5.82 Å². The Morgan fingerprint density at radius 1 is 0.875 bits per heavy atom. The van der Waals surface area contributed by atoms with Crippen LogP contribution in [-0.4, -0.2) is 47.2 Å². The molecule has 4 rings (SSSR count). The predicted molar refractivity (Wildman–Crippen MR) is 124 cm³/mol. The Balaban J connectivity index is 0.000000178. The van der Waals surface area contributed by atoms with Gasteiger partial charge < -0.3 is 20.3 Å². The van der Waals surface area contributed by atoms with E-state index in [1.807, 2.05) is 39.0 Å². The Bertz CT molecular complexity index is 862. The van der Waals surface area contributed by atoms with Gasteiger partial charge in [-0.2, -0.15) is 0 Å². The van der Waals surface area contributed by atoms with Crippen molar-refractivity contribution in [1.29, 1.82) is 0 Å². The highest BCUT2D eigenvalue weighted by Crippen LogP contribution is 2.17. The lowest BCUT2D eigenvalue weighted by molar-refractivity contribution is 0.0295. The van der Waals surface area contributed by atoms with E-state index in [1.54, 1.807) is 28.0 Å². The molecule has 2 N–H and O–H groups in total. The molecule has 2 aromatic rings. The van der Waals surface area contributed by atoms with Gasteiger partial charge in [0.2, 0.25) is 0 Å². The summed E-state index contributed by atoms with van der Waals surface area (Å²) < 4.78 is 17.1. The second-order valence-electron chi connectivity index (χ2n) is 8.75. The van der Waals surface area contributed by atoms with Crippen molar-refractivity contribution in [2.24, 2.45) is 5.73 Å². The first kappa shape index (κ1) is 25.2. The van der Waals surface area contributed by atoms with E-state index >= 15 is 0 Å². The highest BCUT2D eigenvalue weighted by molar-refractivity contribution is 5.72. The Kier molecular flexibility index (Phi) is 9.50. The predicted octanol–water partition coefficient (Wildman–Crippen LogP) is 4.97. The number of nitrogens with zero attached hydrogens (tertiary/aromatic N) is 2. The van der Waals surface area contributed by atoms with E-state index in [2.05, 4.69) is 6.07 Å². The normalized spacial score (nSPS) is 14.9. The van der Waals surface area contributed by atoms with Gasteiger partial charge in [-0.25, -0.2) is 14.0 Å². The first-order valence-corrected chi connectivity index (χ1v) is 11.0. The molecule has 2 aliphatic rings. The molecule has 0 radical (unpaired) electrons. The number of carbonyl (C=O) groups is 2. The molecule has 2 aliphatic heterocycles. The van der Waals surface area contributed by atoms with Gasteiger partial charge in [-0.05, 0) is 63.3 Å². The van der Waals surface area contributed by atoms with E-state index < -0.39 is 0 Å². The number of urea groups is 1. The van der Waals surface area contributed by atoms with Crippen LogP contribution < -0.4 is 5.73 Å². The summed E-state index contributed by atoms with van der Waals surface area (Å²) in [5.41, 5.74) is 7.40. The standard InChI is InChI=1S/C10H12N2O.C9H17NO2.C6H5F/c11-10(13)12-6-5-8-3-1-2-4-9(8)7-12;1-9(2,3)12-8(11)10-6-4-5-7-10;7-6-4-2-1-3-5-6/h1-4H,5-7H2,(H2,11,13);4-7H2,1-3H3;1-5H. The highest BCUT2D eigenvalue weighted by Gasteiger charge is 2.24. The molecule has 1 fully saturated rings. The SMILES string of the molecule is CC(C)(C)OC(=O)N1CCCC1.Fc1ccccc1.NC(=O)N1CCc2ccccc2C1. The van der Waals surface area contributed by atoms with Crippen molar-refractivity contribution in [2.45, 2.75) is 52.2 Å². The maximum absolute atomic E-state index is 11.9. The number of ether oxygens (including phenoxy) is 1. The van der Waals surface area contributed by atoms with Crippen molar-refractivity contribution in [3.63, 3.8) is 0 Å². The van der Waals surface area contributed by atoms with E-state index in [0.29, 0.717) is 6.54 Å². The molecule has 174 valence electrons. The lowest BCUT2D eigenvalue weighted by Gasteiger charge is -2.26. The maximum atomic E-state index is 11.9. The summed E-state index contributed by atoms with van der Waals surface area (Å²) >= 11 is 0. The number of likely N-dealkylation sites (tertiary alicyclic amines) is 1. The molecule has 6 nitrogen and oxygen atoms in total. The molecule has 1 saturated heterocycles. The van der Waals surface area contributed by atoms with Gasteiger partial charge in [0, 0.05) is 26.2 Å². The molecule has 2 heterocycles. The molecule has 0 saturated carbocycles. The number of primary amides is 1. The molecule has 3 amide bonds. The average molecular weight is 444 g/mol. The summed E-state index contributed by atoms with van der Waals surface area (Å²) in [4.78, 5) is 25.7.